The minimum Gasteiger partial charge on any atom is -0.389 e. The van der Waals surface area contributed by atoms with E-state index < -0.39 is 5.60 Å². The Labute approximate surface area is 117 Å². The summed E-state index contributed by atoms with van der Waals surface area (Å²) in [4.78, 5) is 0. The van der Waals surface area contributed by atoms with Gasteiger partial charge in [-0.05, 0) is 25.5 Å². The molecule has 0 spiro atoms. The highest BCUT2D eigenvalue weighted by molar-refractivity contribution is 6.44. The SMILES string of the molecule is CCC(C)(O)CNCc1c(Cl)ccc(Cl)c1Cl. The third kappa shape index (κ3) is 4.31. The molecule has 96 valence electrons. The van der Waals surface area contributed by atoms with Crippen molar-refractivity contribution in [2.45, 2.75) is 32.4 Å². The molecule has 0 saturated carbocycles. The molecule has 5 heteroatoms. The third-order valence-electron chi connectivity index (χ3n) is 2.71. The van der Waals surface area contributed by atoms with E-state index in [2.05, 4.69) is 5.32 Å². The van der Waals surface area contributed by atoms with Crippen LogP contribution < -0.4 is 5.32 Å². The normalized spacial score (nSPS) is 14.7. The van der Waals surface area contributed by atoms with Crippen LogP contribution in [-0.4, -0.2) is 17.3 Å². The van der Waals surface area contributed by atoms with E-state index in [1.807, 2.05) is 6.92 Å². The van der Waals surface area contributed by atoms with E-state index >= 15 is 0 Å². The predicted octanol–water partition coefficient (Wildman–Crippen LogP) is 3.90. The van der Waals surface area contributed by atoms with Gasteiger partial charge in [0.1, 0.15) is 0 Å². The Morgan fingerprint density at radius 2 is 1.82 bits per heavy atom. The lowest BCUT2D eigenvalue weighted by Crippen LogP contribution is -2.36. The second-order valence-electron chi connectivity index (χ2n) is 4.28. The van der Waals surface area contributed by atoms with Crippen molar-refractivity contribution < 1.29 is 5.11 Å². The second kappa shape index (κ2) is 6.26. The van der Waals surface area contributed by atoms with Crippen LogP contribution in [0.1, 0.15) is 25.8 Å². The van der Waals surface area contributed by atoms with Crippen LogP contribution in [0.25, 0.3) is 0 Å². The Balaban J connectivity index is 2.67. The minimum atomic E-state index is -0.725. The molecule has 0 saturated heterocycles. The first kappa shape index (κ1) is 15.1. The summed E-state index contributed by atoms with van der Waals surface area (Å²) < 4.78 is 0. The van der Waals surface area contributed by atoms with Crippen LogP contribution in [0.3, 0.4) is 0 Å². The molecule has 17 heavy (non-hydrogen) atoms. The summed E-state index contributed by atoms with van der Waals surface area (Å²) in [5.74, 6) is 0. The average molecular weight is 297 g/mol. The summed E-state index contributed by atoms with van der Waals surface area (Å²) in [5, 5.41) is 14.5. The first-order valence-electron chi connectivity index (χ1n) is 5.43. The zero-order chi connectivity index (χ0) is 13.1. The van der Waals surface area contributed by atoms with E-state index in [4.69, 9.17) is 34.8 Å². The maximum Gasteiger partial charge on any atom is 0.0741 e. The Hall–Kier alpha value is 0.01000. The molecule has 0 fully saturated rings. The first-order chi connectivity index (χ1) is 7.87. The van der Waals surface area contributed by atoms with Crippen molar-refractivity contribution in [3.63, 3.8) is 0 Å². The maximum atomic E-state index is 9.84. The molecule has 0 aliphatic carbocycles. The summed E-state index contributed by atoms with van der Waals surface area (Å²) >= 11 is 18.0. The number of nitrogens with one attached hydrogen (secondary N) is 1. The van der Waals surface area contributed by atoms with Crippen LogP contribution >= 0.6 is 34.8 Å². The topological polar surface area (TPSA) is 32.3 Å². The van der Waals surface area contributed by atoms with Gasteiger partial charge in [0.2, 0.25) is 0 Å². The Morgan fingerprint density at radius 1 is 1.24 bits per heavy atom. The molecule has 0 heterocycles. The summed E-state index contributed by atoms with van der Waals surface area (Å²) in [5.41, 5.74) is 0.0325. The van der Waals surface area contributed by atoms with Gasteiger partial charge in [-0.3, -0.25) is 0 Å². The van der Waals surface area contributed by atoms with Crippen LogP contribution in [0.2, 0.25) is 15.1 Å². The Morgan fingerprint density at radius 3 is 2.41 bits per heavy atom. The van der Waals surface area contributed by atoms with Gasteiger partial charge in [-0.25, -0.2) is 0 Å². The van der Waals surface area contributed by atoms with Gasteiger partial charge < -0.3 is 10.4 Å². The van der Waals surface area contributed by atoms with E-state index in [0.29, 0.717) is 34.6 Å². The highest BCUT2D eigenvalue weighted by Crippen LogP contribution is 2.31. The Bertz CT molecular complexity index is 394. The molecule has 1 aromatic rings. The molecule has 0 aromatic heterocycles. The lowest BCUT2D eigenvalue weighted by Gasteiger charge is -2.22. The van der Waals surface area contributed by atoms with Gasteiger partial charge in [-0.1, -0.05) is 41.7 Å². The largest absolute Gasteiger partial charge is 0.389 e. The van der Waals surface area contributed by atoms with Crippen LogP contribution in [0, 0.1) is 0 Å². The zero-order valence-electron chi connectivity index (χ0n) is 9.86. The molecule has 0 aliphatic rings. The molecule has 1 unspecified atom stereocenters. The maximum absolute atomic E-state index is 9.84. The number of hydrogen-bond donors (Lipinski definition) is 2. The second-order valence-corrected chi connectivity index (χ2v) is 5.47. The van der Waals surface area contributed by atoms with E-state index in [-0.39, 0.29) is 0 Å². The van der Waals surface area contributed by atoms with Gasteiger partial charge >= 0.3 is 0 Å². The molecule has 0 aliphatic heterocycles. The lowest BCUT2D eigenvalue weighted by molar-refractivity contribution is 0.0555. The summed E-state index contributed by atoms with van der Waals surface area (Å²) in [6.07, 6.45) is 0.678. The molecule has 0 bridgehead atoms. The molecule has 1 atom stereocenters. The van der Waals surface area contributed by atoms with Crippen molar-refractivity contribution in [2.75, 3.05) is 6.54 Å². The number of aliphatic hydroxyl groups is 1. The molecular weight excluding hydrogens is 280 g/mol. The monoisotopic (exact) mass is 295 g/mol. The third-order valence-corrected chi connectivity index (χ3v) is 3.91. The highest BCUT2D eigenvalue weighted by Gasteiger charge is 2.17. The van der Waals surface area contributed by atoms with Crippen molar-refractivity contribution in [1.29, 1.82) is 0 Å². The van der Waals surface area contributed by atoms with Gasteiger partial charge in [0.05, 0.1) is 15.6 Å². The quantitative estimate of drug-likeness (QED) is 0.808. The predicted molar refractivity (Wildman–Crippen MR) is 74.1 cm³/mol. The number of hydrogen-bond acceptors (Lipinski definition) is 2. The molecule has 0 radical (unpaired) electrons. The fourth-order valence-corrected chi connectivity index (χ4v) is 1.99. The zero-order valence-corrected chi connectivity index (χ0v) is 12.1. The van der Waals surface area contributed by atoms with Gasteiger partial charge in [0, 0.05) is 23.7 Å². The molecular formula is C12H16Cl3NO. The number of rotatable bonds is 5. The van der Waals surface area contributed by atoms with Crippen LogP contribution in [0.5, 0.6) is 0 Å². The highest BCUT2D eigenvalue weighted by atomic mass is 35.5. The average Bonchev–Trinajstić information content (AvgIpc) is 2.28. The van der Waals surface area contributed by atoms with Crippen LogP contribution in [0.15, 0.2) is 12.1 Å². The first-order valence-corrected chi connectivity index (χ1v) is 6.56. The molecule has 0 amide bonds. The van der Waals surface area contributed by atoms with Crippen molar-refractivity contribution in [3.05, 3.63) is 32.8 Å². The molecule has 1 aromatic carbocycles. The van der Waals surface area contributed by atoms with Crippen LogP contribution in [-0.2, 0) is 6.54 Å². The summed E-state index contributed by atoms with van der Waals surface area (Å²) in [6, 6.07) is 3.38. The summed E-state index contributed by atoms with van der Waals surface area (Å²) in [7, 11) is 0. The Kier molecular flexibility index (Phi) is 5.55. The number of halogens is 3. The van der Waals surface area contributed by atoms with Gasteiger partial charge in [0.15, 0.2) is 0 Å². The van der Waals surface area contributed by atoms with E-state index in [1.165, 1.54) is 0 Å². The molecule has 2 N–H and O–H groups in total. The fraction of sp³-hybridized carbons (Fsp3) is 0.500. The fourth-order valence-electron chi connectivity index (χ4n) is 1.31. The van der Waals surface area contributed by atoms with E-state index in [1.54, 1.807) is 19.1 Å². The van der Waals surface area contributed by atoms with Crippen molar-refractivity contribution in [3.8, 4) is 0 Å². The number of benzene rings is 1. The van der Waals surface area contributed by atoms with Gasteiger partial charge in [0.25, 0.3) is 0 Å². The lowest BCUT2D eigenvalue weighted by atomic mass is 10.0. The molecule has 2 nitrogen and oxygen atoms in total. The van der Waals surface area contributed by atoms with Crippen molar-refractivity contribution in [2.24, 2.45) is 0 Å². The minimum absolute atomic E-state index is 0.461. The molecule has 1 rings (SSSR count). The van der Waals surface area contributed by atoms with Crippen molar-refractivity contribution in [1.82, 2.24) is 5.32 Å². The van der Waals surface area contributed by atoms with Crippen LogP contribution in [0.4, 0.5) is 0 Å². The van der Waals surface area contributed by atoms with E-state index in [0.717, 1.165) is 5.56 Å². The standard InChI is InChI=1S/C12H16Cl3NO/c1-3-12(2,17)7-16-6-8-9(13)4-5-10(14)11(8)15/h4-5,16-17H,3,6-7H2,1-2H3. The smallest absolute Gasteiger partial charge is 0.0741 e. The van der Waals surface area contributed by atoms with E-state index in [9.17, 15) is 5.11 Å². The van der Waals surface area contributed by atoms with Crippen molar-refractivity contribution >= 4 is 34.8 Å². The summed E-state index contributed by atoms with van der Waals surface area (Å²) in [6.45, 7) is 4.67. The van der Waals surface area contributed by atoms with Gasteiger partial charge in [-0.2, -0.15) is 0 Å². The van der Waals surface area contributed by atoms with Gasteiger partial charge in [-0.15, -0.1) is 0 Å².